The van der Waals surface area contributed by atoms with Gasteiger partial charge in [-0.1, -0.05) is 0 Å². The van der Waals surface area contributed by atoms with Gasteiger partial charge in [0.05, 0.1) is 0 Å². The number of carbonyl (C=O) groups is 1. The number of nitrogens with one attached hydrogen (secondary N) is 1. The minimum Gasteiger partial charge on any atom is -0.458 e. The second-order valence-electron chi connectivity index (χ2n) is 3.05. The van der Waals surface area contributed by atoms with Crippen LogP contribution in [0.25, 0.3) is 0 Å². The number of rotatable bonds is 5. The summed E-state index contributed by atoms with van der Waals surface area (Å²) in [6, 6.07) is 1.99. The number of thiophene rings is 1. The van der Waals surface area contributed by atoms with E-state index in [-0.39, 0.29) is 12.1 Å². The average molecular weight is 213 g/mol. The van der Waals surface area contributed by atoms with E-state index in [1.165, 1.54) is 6.92 Å². The Morgan fingerprint density at radius 3 is 3.00 bits per heavy atom. The van der Waals surface area contributed by atoms with E-state index < -0.39 is 0 Å². The SMILES string of the molecule is CNCC[C@H](OC(C)=O)c1ccsc1. The molecule has 4 heteroatoms. The molecule has 0 aliphatic rings. The van der Waals surface area contributed by atoms with Gasteiger partial charge in [0.1, 0.15) is 6.10 Å². The highest BCUT2D eigenvalue weighted by atomic mass is 32.1. The lowest BCUT2D eigenvalue weighted by Crippen LogP contribution is -2.15. The van der Waals surface area contributed by atoms with Crippen molar-refractivity contribution in [3.8, 4) is 0 Å². The minimum atomic E-state index is -0.225. The fraction of sp³-hybridized carbons (Fsp3) is 0.500. The molecular weight excluding hydrogens is 198 g/mol. The summed E-state index contributed by atoms with van der Waals surface area (Å²) in [5, 5.41) is 7.05. The first kappa shape index (κ1) is 11.2. The topological polar surface area (TPSA) is 38.3 Å². The van der Waals surface area contributed by atoms with Gasteiger partial charge in [-0.3, -0.25) is 4.79 Å². The Bertz CT molecular complexity index is 272. The summed E-state index contributed by atoms with van der Waals surface area (Å²) in [5.41, 5.74) is 1.08. The van der Waals surface area contributed by atoms with Crippen LogP contribution in [-0.2, 0) is 9.53 Å². The number of carbonyl (C=O) groups excluding carboxylic acids is 1. The number of hydrogen-bond acceptors (Lipinski definition) is 4. The second-order valence-corrected chi connectivity index (χ2v) is 3.83. The third-order valence-electron chi connectivity index (χ3n) is 1.88. The number of esters is 1. The largest absolute Gasteiger partial charge is 0.458 e. The van der Waals surface area contributed by atoms with Gasteiger partial charge in [0.2, 0.25) is 0 Å². The predicted molar refractivity (Wildman–Crippen MR) is 57.4 cm³/mol. The third kappa shape index (κ3) is 3.47. The van der Waals surface area contributed by atoms with E-state index in [2.05, 4.69) is 5.32 Å². The lowest BCUT2D eigenvalue weighted by molar-refractivity contribution is -0.147. The molecule has 0 amide bonds. The molecule has 1 aromatic heterocycles. The molecule has 0 fully saturated rings. The van der Waals surface area contributed by atoms with Crippen LogP contribution in [0.4, 0.5) is 0 Å². The van der Waals surface area contributed by atoms with Crippen LogP contribution >= 0.6 is 11.3 Å². The molecule has 1 heterocycles. The molecule has 0 aliphatic carbocycles. The molecular formula is C10H15NO2S. The maximum Gasteiger partial charge on any atom is 0.303 e. The standard InChI is InChI=1S/C10H15NO2S/c1-8(12)13-10(3-5-11-2)9-4-6-14-7-9/h4,6-7,10-11H,3,5H2,1-2H3/t10-/m0/s1. The van der Waals surface area contributed by atoms with Gasteiger partial charge < -0.3 is 10.1 Å². The number of hydrogen-bond donors (Lipinski definition) is 1. The van der Waals surface area contributed by atoms with Crippen LogP contribution in [0, 0.1) is 0 Å². The van der Waals surface area contributed by atoms with Crippen molar-refractivity contribution >= 4 is 17.3 Å². The van der Waals surface area contributed by atoms with Crippen LogP contribution < -0.4 is 5.32 Å². The fourth-order valence-electron chi connectivity index (χ4n) is 1.23. The van der Waals surface area contributed by atoms with Crippen LogP contribution in [0.5, 0.6) is 0 Å². The summed E-state index contributed by atoms with van der Waals surface area (Å²) in [6.07, 6.45) is 0.707. The quantitative estimate of drug-likeness (QED) is 0.760. The van der Waals surface area contributed by atoms with E-state index in [1.807, 2.05) is 23.9 Å². The summed E-state index contributed by atoms with van der Waals surface area (Å²) >= 11 is 1.62. The zero-order chi connectivity index (χ0) is 10.4. The molecule has 1 aromatic rings. The normalized spacial score (nSPS) is 12.4. The maximum absolute atomic E-state index is 10.9. The van der Waals surface area contributed by atoms with Crippen LogP contribution in [0.2, 0.25) is 0 Å². The van der Waals surface area contributed by atoms with Gasteiger partial charge in [0.25, 0.3) is 0 Å². The van der Waals surface area contributed by atoms with E-state index >= 15 is 0 Å². The fourth-order valence-corrected chi connectivity index (χ4v) is 1.93. The lowest BCUT2D eigenvalue weighted by atomic mass is 10.1. The van der Waals surface area contributed by atoms with E-state index in [0.717, 1.165) is 18.5 Å². The molecule has 0 unspecified atom stereocenters. The molecule has 0 saturated carbocycles. The average Bonchev–Trinajstić information content (AvgIpc) is 2.64. The highest BCUT2D eigenvalue weighted by Gasteiger charge is 2.14. The Morgan fingerprint density at radius 2 is 2.50 bits per heavy atom. The van der Waals surface area contributed by atoms with Crippen molar-refractivity contribution in [1.29, 1.82) is 0 Å². The van der Waals surface area contributed by atoms with Crippen molar-refractivity contribution in [1.82, 2.24) is 5.32 Å². The molecule has 0 aliphatic heterocycles. The van der Waals surface area contributed by atoms with Gasteiger partial charge in [-0.05, 0) is 30.4 Å². The van der Waals surface area contributed by atoms with Crippen LogP contribution in [0.1, 0.15) is 25.0 Å². The summed E-state index contributed by atoms with van der Waals surface area (Å²) < 4.78 is 5.22. The maximum atomic E-state index is 10.9. The van der Waals surface area contributed by atoms with Crippen molar-refractivity contribution in [2.45, 2.75) is 19.4 Å². The first-order chi connectivity index (χ1) is 6.74. The zero-order valence-electron chi connectivity index (χ0n) is 8.45. The van der Waals surface area contributed by atoms with Crippen molar-refractivity contribution in [3.05, 3.63) is 22.4 Å². The van der Waals surface area contributed by atoms with Gasteiger partial charge >= 0.3 is 5.97 Å². The molecule has 0 spiro atoms. The van der Waals surface area contributed by atoms with Crippen molar-refractivity contribution < 1.29 is 9.53 Å². The Labute approximate surface area is 88.1 Å². The molecule has 0 bridgehead atoms. The predicted octanol–water partition coefficient (Wildman–Crippen LogP) is 1.96. The molecule has 3 nitrogen and oxygen atoms in total. The molecule has 14 heavy (non-hydrogen) atoms. The van der Waals surface area contributed by atoms with Crippen LogP contribution in [0.3, 0.4) is 0 Å². The van der Waals surface area contributed by atoms with E-state index in [9.17, 15) is 4.79 Å². The first-order valence-electron chi connectivity index (χ1n) is 4.58. The Balaban J connectivity index is 2.57. The molecule has 0 saturated heterocycles. The van der Waals surface area contributed by atoms with Crippen LogP contribution in [0.15, 0.2) is 16.8 Å². The van der Waals surface area contributed by atoms with Gasteiger partial charge in [-0.2, -0.15) is 11.3 Å². The lowest BCUT2D eigenvalue weighted by Gasteiger charge is -2.15. The summed E-state index contributed by atoms with van der Waals surface area (Å²) in [5.74, 6) is -0.225. The van der Waals surface area contributed by atoms with E-state index in [1.54, 1.807) is 11.3 Å². The molecule has 1 rings (SSSR count). The van der Waals surface area contributed by atoms with Crippen molar-refractivity contribution in [3.63, 3.8) is 0 Å². The zero-order valence-corrected chi connectivity index (χ0v) is 9.26. The minimum absolute atomic E-state index is 0.105. The Kier molecular flexibility index (Phi) is 4.62. The highest BCUT2D eigenvalue weighted by Crippen LogP contribution is 2.23. The molecule has 1 atom stereocenters. The summed E-state index contributed by atoms with van der Waals surface area (Å²) in [4.78, 5) is 10.9. The van der Waals surface area contributed by atoms with Gasteiger partial charge in [-0.25, -0.2) is 0 Å². The van der Waals surface area contributed by atoms with E-state index in [0.29, 0.717) is 0 Å². The Hall–Kier alpha value is -0.870. The Morgan fingerprint density at radius 1 is 1.71 bits per heavy atom. The summed E-state index contributed by atoms with van der Waals surface area (Å²) in [6.45, 7) is 2.28. The van der Waals surface area contributed by atoms with Gasteiger partial charge in [0, 0.05) is 18.9 Å². The molecule has 78 valence electrons. The number of ether oxygens (including phenoxy) is 1. The van der Waals surface area contributed by atoms with Crippen molar-refractivity contribution in [2.24, 2.45) is 0 Å². The first-order valence-corrected chi connectivity index (χ1v) is 5.52. The van der Waals surface area contributed by atoms with E-state index in [4.69, 9.17) is 4.74 Å². The monoisotopic (exact) mass is 213 g/mol. The van der Waals surface area contributed by atoms with Gasteiger partial charge in [0.15, 0.2) is 0 Å². The van der Waals surface area contributed by atoms with Gasteiger partial charge in [-0.15, -0.1) is 0 Å². The van der Waals surface area contributed by atoms with Crippen LogP contribution in [-0.4, -0.2) is 19.6 Å². The highest BCUT2D eigenvalue weighted by molar-refractivity contribution is 7.07. The molecule has 0 radical (unpaired) electrons. The second kappa shape index (κ2) is 5.78. The third-order valence-corrected chi connectivity index (χ3v) is 2.58. The molecule has 0 aromatic carbocycles. The smallest absolute Gasteiger partial charge is 0.303 e. The van der Waals surface area contributed by atoms with Crippen molar-refractivity contribution in [2.75, 3.05) is 13.6 Å². The summed E-state index contributed by atoms with van der Waals surface area (Å²) in [7, 11) is 1.89. The molecule has 1 N–H and O–H groups in total.